The predicted molar refractivity (Wildman–Crippen MR) is 97.7 cm³/mol. The van der Waals surface area contributed by atoms with Crippen LogP contribution in [0.25, 0.3) is 5.69 Å². The van der Waals surface area contributed by atoms with E-state index in [1.165, 1.54) is 0 Å². The van der Waals surface area contributed by atoms with Gasteiger partial charge >= 0.3 is 5.97 Å². The van der Waals surface area contributed by atoms with Gasteiger partial charge in [0, 0.05) is 29.4 Å². The lowest BCUT2D eigenvalue weighted by molar-refractivity contribution is 0.0697. The normalized spacial score (nSPS) is 11.0. The van der Waals surface area contributed by atoms with E-state index in [1.807, 2.05) is 43.5 Å². The Hall–Kier alpha value is -3.34. The first-order valence-corrected chi connectivity index (χ1v) is 7.77. The third-order valence-electron chi connectivity index (χ3n) is 3.84. The summed E-state index contributed by atoms with van der Waals surface area (Å²) in [5.74, 6) is -0.146. The molecule has 126 valence electrons. The van der Waals surface area contributed by atoms with Crippen molar-refractivity contribution in [3.8, 4) is 11.4 Å². The van der Waals surface area contributed by atoms with Gasteiger partial charge in [-0.1, -0.05) is 6.07 Å². The summed E-state index contributed by atoms with van der Waals surface area (Å²) in [4.78, 5) is 15.4. The molecule has 1 aromatic heterocycles. The highest BCUT2D eigenvalue weighted by Crippen LogP contribution is 2.19. The molecule has 0 bridgehead atoms. The number of carbonyl (C=O) groups is 1. The van der Waals surface area contributed by atoms with E-state index in [2.05, 4.69) is 9.56 Å². The van der Waals surface area contributed by atoms with Gasteiger partial charge in [-0.25, -0.2) is 4.79 Å². The Morgan fingerprint density at radius 2 is 1.92 bits per heavy atom. The SMILES string of the molecule is COc1ccc(-n2cc(C=Nc3cccc(C(=O)O)c3)cc2C)cc1. The van der Waals surface area contributed by atoms with E-state index in [-0.39, 0.29) is 5.56 Å². The van der Waals surface area contributed by atoms with Gasteiger partial charge in [0.2, 0.25) is 0 Å². The number of carboxylic acid groups (broad SMARTS) is 1. The van der Waals surface area contributed by atoms with Gasteiger partial charge in [-0.3, -0.25) is 4.99 Å². The fourth-order valence-electron chi connectivity index (χ4n) is 2.56. The minimum absolute atomic E-state index is 0.224. The Labute approximate surface area is 145 Å². The standard InChI is InChI=1S/C20H18N2O3/c1-14-10-15(12-21-17-5-3-4-16(11-17)20(23)24)13-22(14)18-6-8-19(25-2)9-7-18/h3-13H,1-2H3,(H,23,24). The molecule has 0 fully saturated rings. The second-order valence-electron chi connectivity index (χ2n) is 5.60. The molecule has 0 saturated carbocycles. The maximum Gasteiger partial charge on any atom is 0.335 e. The highest BCUT2D eigenvalue weighted by atomic mass is 16.5. The van der Waals surface area contributed by atoms with Crippen LogP contribution in [0.4, 0.5) is 5.69 Å². The average molecular weight is 334 g/mol. The second kappa shape index (κ2) is 7.05. The molecule has 1 N–H and O–H groups in total. The van der Waals surface area contributed by atoms with E-state index < -0.39 is 5.97 Å². The minimum Gasteiger partial charge on any atom is -0.497 e. The number of aliphatic imine (C=N–C) groups is 1. The lowest BCUT2D eigenvalue weighted by Crippen LogP contribution is -1.94. The Bertz CT molecular complexity index is 924. The molecular formula is C20H18N2O3. The van der Waals surface area contributed by atoms with Gasteiger partial charge in [0.15, 0.2) is 0 Å². The largest absolute Gasteiger partial charge is 0.497 e. The van der Waals surface area contributed by atoms with Gasteiger partial charge in [-0.2, -0.15) is 0 Å². The van der Waals surface area contributed by atoms with Crippen molar-refractivity contribution in [1.82, 2.24) is 4.57 Å². The van der Waals surface area contributed by atoms with Crippen molar-refractivity contribution < 1.29 is 14.6 Å². The molecule has 0 unspecified atom stereocenters. The predicted octanol–water partition coefficient (Wildman–Crippen LogP) is 4.24. The van der Waals surface area contributed by atoms with Crippen molar-refractivity contribution in [2.75, 3.05) is 7.11 Å². The lowest BCUT2D eigenvalue weighted by atomic mass is 10.2. The van der Waals surface area contributed by atoms with Crippen molar-refractivity contribution >= 4 is 17.9 Å². The van der Waals surface area contributed by atoms with Crippen LogP contribution in [0.3, 0.4) is 0 Å². The number of nitrogens with zero attached hydrogens (tertiary/aromatic N) is 2. The average Bonchev–Trinajstić information content (AvgIpc) is 3.01. The molecule has 0 saturated heterocycles. The van der Waals surface area contributed by atoms with Crippen molar-refractivity contribution in [1.29, 1.82) is 0 Å². The summed E-state index contributed by atoms with van der Waals surface area (Å²) < 4.78 is 7.25. The molecule has 0 radical (unpaired) electrons. The molecule has 0 aliphatic rings. The van der Waals surface area contributed by atoms with Gasteiger partial charge in [-0.05, 0) is 55.5 Å². The summed E-state index contributed by atoms with van der Waals surface area (Å²) in [5.41, 5.74) is 3.88. The number of hydrogen-bond acceptors (Lipinski definition) is 3. The zero-order chi connectivity index (χ0) is 17.8. The fraction of sp³-hybridized carbons (Fsp3) is 0.100. The van der Waals surface area contributed by atoms with Crippen LogP contribution in [-0.2, 0) is 0 Å². The number of carboxylic acids is 1. The van der Waals surface area contributed by atoms with Crippen LogP contribution < -0.4 is 4.74 Å². The maximum atomic E-state index is 11.0. The van der Waals surface area contributed by atoms with Crippen LogP contribution in [0, 0.1) is 6.92 Å². The van der Waals surface area contributed by atoms with Crippen LogP contribution in [0.15, 0.2) is 65.8 Å². The summed E-state index contributed by atoms with van der Waals surface area (Å²) >= 11 is 0. The van der Waals surface area contributed by atoms with E-state index in [0.29, 0.717) is 5.69 Å². The van der Waals surface area contributed by atoms with Gasteiger partial charge in [0.25, 0.3) is 0 Å². The maximum absolute atomic E-state index is 11.0. The molecule has 0 amide bonds. The zero-order valence-electron chi connectivity index (χ0n) is 14.0. The number of methoxy groups -OCH3 is 1. The molecule has 0 aliphatic carbocycles. The summed E-state index contributed by atoms with van der Waals surface area (Å²) in [6.45, 7) is 2.02. The van der Waals surface area contributed by atoms with Crippen LogP contribution in [0.5, 0.6) is 5.75 Å². The Morgan fingerprint density at radius 3 is 2.60 bits per heavy atom. The Kier molecular flexibility index (Phi) is 4.66. The number of ether oxygens (including phenoxy) is 1. The second-order valence-corrected chi connectivity index (χ2v) is 5.60. The van der Waals surface area contributed by atoms with E-state index in [4.69, 9.17) is 9.84 Å². The van der Waals surface area contributed by atoms with Gasteiger partial charge in [0.1, 0.15) is 5.75 Å². The molecule has 2 aromatic carbocycles. The first-order valence-electron chi connectivity index (χ1n) is 7.77. The third kappa shape index (κ3) is 3.77. The Balaban J connectivity index is 1.84. The highest BCUT2D eigenvalue weighted by Gasteiger charge is 2.05. The topological polar surface area (TPSA) is 63.8 Å². The van der Waals surface area contributed by atoms with Gasteiger partial charge < -0.3 is 14.4 Å². The molecule has 5 heteroatoms. The molecule has 3 rings (SSSR count). The van der Waals surface area contributed by atoms with E-state index in [0.717, 1.165) is 22.7 Å². The molecule has 0 spiro atoms. The highest BCUT2D eigenvalue weighted by molar-refractivity contribution is 5.89. The lowest BCUT2D eigenvalue weighted by Gasteiger charge is -2.06. The summed E-state index contributed by atoms with van der Waals surface area (Å²) in [7, 11) is 1.64. The molecule has 5 nitrogen and oxygen atoms in total. The van der Waals surface area contributed by atoms with Crippen LogP contribution >= 0.6 is 0 Å². The van der Waals surface area contributed by atoms with Gasteiger partial charge in [0.05, 0.1) is 18.4 Å². The Morgan fingerprint density at radius 1 is 1.16 bits per heavy atom. The smallest absolute Gasteiger partial charge is 0.335 e. The van der Waals surface area contributed by atoms with Crippen LogP contribution in [-0.4, -0.2) is 29.0 Å². The van der Waals surface area contributed by atoms with Crippen molar-refractivity contribution in [3.05, 3.63) is 77.6 Å². The number of rotatable bonds is 5. The van der Waals surface area contributed by atoms with E-state index in [9.17, 15) is 4.79 Å². The quantitative estimate of drug-likeness (QED) is 0.710. The summed E-state index contributed by atoms with van der Waals surface area (Å²) in [6, 6.07) is 16.4. The van der Waals surface area contributed by atoms with Crippen molar-refractivity contribution in [2.24, 2.45) is 4.99 Å². The van der Waals surface area contributed by atoms with Crippen LogP contribution in [0.1, 0.15) is 21.6 Å². The molecule has 3 aromatic rings. The number of aryl methyl sites for hydroxylation is 1. The van der Waals surface area contributed by atoms with E-state index in [1.54, 1.807) is 37.6 Å². The first kappa shape index (κ1) is 16.5. The number of hydrogen-bond donors (Lipinski definition) is 1. The van der Waals surface area contributed by atoms with Gasteiger partial charge in [-0.15, -0.1) is 0 Å². The van der Waals surface area contributed by atoms with Crippen LogP contribution in [0.2, 0.25) is 0 Å². The number of aromatic nitrogens is 1. The number of aromatic carboxylic acids is 1. The molecule has 0 atom stereocenters. The third-order valence-corrected chi connectivity index (χ3v) is 3.84. The minimum atomic E-state index is -0.960. The molecular weight excluding hydrogens is 316 g/mol. The zero-order valence-corrected chi connectivity index (χ0v) is 14.0. The molecule has 0 aliphatic heterocycles. The van der Waals surface area contributed by atoms with Crippen molar-refractivity contribution in [3.63, 3.8) is 0 Å². The number of benzene rings is 2. The van der Waals surface area contributed by atoms with Crippen molar-refractivity contribution in [2.45, 2.75) is 6.92 Å². The summed E-state index contributed by atoms with van der Waals surface area (Å²) in [5, 5.41) is 9.03. The molecule has 1 heterocycles. The monoisotopic (exact) mass is 334 g/mol. The molecule has 25 heavy (non-hydrogen) atoms. The fourth-order valence-corrected chi connectivity index (χ4v) is 2.56. The first-order chi connectivity index (χ1) is 12.1. The summed E-state index contributed by atoms with van der Waals surface area (Å²) in [6.07, 6.45) is 3.72. The van der Waals surface area contributed by atoms with E-state index >= 15 is 0 Å².